The predicted octanol–water partition coefficient (Wildman–Crippen LogP) is 2.84. The number of aromatic carboxylic acids is 1. The van der Waals surface area contributed by atoms with Crippen LogP contribution in [0.5, 0.6) is 0 Å². The zero-order valence-corrected chi connectivity index (χ0v) is 11.3. The third kappa shape index (κ3) is 2.43. The molecule has 2 N–H and O–H groups in total. The molecule has 3 aromatic rings. The van der Waals surface area contributed by atoms with Crippen LogP contribution in [0.15, 0.2) is 30.3 Å². The maximum absolute atomic E-state index is 10.7. The average Bonchev–Trinajstić information content (AvgIpc) is 2.80. The van der Waals surface area contributed by atoms with Gasteiger partial charge in [-0.3, -0.25) is 0 Å². The van der Waals surface area contributed by atoms with Gasteiger partial charge in [0, 0.05) is 0 Å². The lowest BCUT2D eigenvalue weighted by Crippen LogP contribution is -2.03. The Bertz CT molecular complexity index is 783. The van der Waals surface area contributed by atoms with Gasteiger partial charge in [-0.1, -0.05) is 17.4 Å². The van der Waals surface area contributed by atoms with Gasteiger partial charge in [0.1, 0.15) is 0 Å². The fourth-order valence-electron chi connectivity index (χ4n) is 1.71. The smallest absolute Gasteiger partial charge is 0.356 e. The summed E-state index contributed by atoms with van der Waals surface area (Å²) < 4.78 is 1.09. The molecule has 0 aliphatic rings. The molecule has 1 aromatic carbocycles. The van der Waals surface area contributed by atoms with E-state index in [4.69, 9.17) is 5.11 Å². The van der Waals surface area contributed by atoms with Gasteiger partial charge < -0.3 is 10.4 Å². The number of thiazole rings is 1. The van der Waals surface area contributed by atoms with Crippen LogP contribution in [0.1, 0.15) is 16.1 Å². The quantitative estimate of drug-likeness (QED) is 0.769. The number of nitrogens with one attached hydrogen (secondary N) is 1. The highest BCUT2D eigenvalue weighted by atomic mass is 32.1. The van der Waals surface area contributed by atoms with Crippen LogP contribution < -0.4 is 5.32 Å². The number of hydrogen-bond donors (Lipinski definition) is 2. The van der Waals surface area contributed by atoms with Crippen molar-refractivity contribution in [3.8, 4) is 0 Å². The molecule has 2 heterocycles. The topological polar surface area (TPSA) is 88.0 Å². The van der Waals surface area contributed by atoms with Crippen molar-refractivity contribution in [2.45, 2.75) is 6.92 Å². The highest BCUT2D eigenvalue weighted by molar-refractivity contribution is 7.22. The van der Waals surface area contributed by atoms with Gasteiger partial charge in [0.05, 0.1) is 10.2 Å². The van der Waals surface area contributed by atoms with Crippen LogP contribution in [0.2, 0.25) is 0 Å². The summed E-state index contributed by atoms with van der Waals surface area (Å²) in [6.45, 7) is 2.03. The summed E-state index contributed by atoms with van der Waals surface area (Å²) in [6.07, 6.45) is 0. The highest BCUT2D eigenvalue weighted by Crippen LogP contribution is 2.28. The number of benzene rings is 1. The number of aromatic nitrogens is 3. The summed E-state index contributed by atoms with van der Waals surface area (Å²) in [5.74, 6) is -0.634. The van der Waals surface area contributed by atoms with Crippen molar-refractivity contribution in [1.29, 1.82) is 0 Å². The largest absolute Gasteiger partial charge is 0.476 e. The van der Waals surface area contributed by atoms with Crippen LogP contribution in [0.3, 0.4) is 0 Å². The molecule has 0 fully saturated rings. The minimum absolute atomic E-state index is 0.0875. The van der Waals surface area contributed by atoms with E-state index >= 15 is 0 Å². The van der Waals surface area contributed by atoms with Crippen LogP contribution in [-0.2, 0) is 0 Å². The summed E-state index contributed by atoms with van der Waals surface area (Å²) in [5.41, 5.74) is 2.01. The Kier molecular flexibility index (Phi) is 3.03. The van der Waals surface area contributed by atoms with Gasteiger partial charge in [0.2, 0.25) is 0 Å². The lowest BCUT2D eigenvalue weighted by molar-refractivity contribution is 0.0689. The van der Waals surface area contributed by atoms with Gasteiger partial charge >= 0.3 is 5.97 Å². The van der Waals surface area contributed by atoms with E-state index < -0.39 is 5.97 Å². The first kappa shape index (κ1) is 12.5. The first-order chi connectivity index (χ1) is 9.61. The van der Waals surface area contributed by atoms with Crippen LogP contribution in [0.25, 0.3) is 10.2 Å². The summed E-state index contributed by atoms with van der Waals surface area (Å²) >= 11 is 1.51. The van der Waals surface area contributed by atoms with Crippen LogP contribution in [-0.4, -0.2) is 26.3 Å². The van der Waals surface area contributed by atoms with E-state index in [2.05, 4.69) is 26.6 Å². The van der Waals surface area contributed by atoms with Crippen LogP contribution in [0.4, 0.5) is 10.9 Å². The van der Waals surface area contributed by atoms with Crippen LogP contribution in [0, 0.1) is 6.92 Å². The molecule has 0 radical (unpaired) electrons. The maximum atomic E-state index is 10.7. The minimum atomic E-state index is -1.10. The van der Waals surface area contributed by atoms with Crippen molar-refractivity contribution in [2.24, 2.45) is 0 Å². The third-order valence-electron chi connectivity index (χ3n) is 2.66. The minimum Gasteiger partial charge on any atom is -0.476 e. The molecular formula is C13H10N4O2S. The fourth-order valence-corrected chi connectivity index (χ4v) is 2.68. The Hall–Kier alpha value is -2.54. The molecule has 0 atom stereocenters. The summed E-state index contributed by atoms with van der Waals surface area (Å²) in [4.78, 5) is 15.1. The average molecular weight is 286 g/mol. The maximum Gasteiger partial charge on any atom is 0.356 e. The van der Waals surface area contributed by atoms with Crippen molar-refractivity contribution in [1.82, 2.24) is 15.2 Å². The number of carbonyl (C=O) groups is 1. The molecule has 0 spiro atoms. The number of rotatable bonds is 3. The summed E-state index contributed by atoms with van der Waals surface area (Å²) in [6, 6.07) is 9.00. The van der Waals surface area contributed by atoms with Crippen molar-refractivity contribution in [2.75, 3.05) is 5.32 Å². The normalized spacial score (nSPS) is 10.7. The molecule has 20 heavy (non-hydrogen) atoms. The summed E-state index contributed by atoms with van der Waals surface area (Å²) in [7, 11) is 0. The Morgan fingerprint density at radius 3 is 2.80 bits per heavy atom. The van der Waals surface area contributed by atoms with E-state index in [0.717, 1.165) is 10.2 Å². The zero-order chi connectivity index (χ0) is 14.1. The zero-order valence-electron chi connectivity index (χ0n) is 10.5. The van der Waals surface area contributed by atoms with Crippen molar-refractivity contribution < 1.29 is 9.90 Å². The Morgan fingerprint density at radius 2 is 2.10 bits per heavy atom. The second kappa shape index (κ2) is 4.86. The van der Waals surface area contributed by atoms with Crippen molar-refractivity contribution >= 4 is 38.5 Å². The van der Waals surface area contributed by atoms with E-state index in [1.807, 2.05) is 19.1 Å². The molecule has 0 unspecified atom stereocenters. The van der Waals surface area contributed by atoms with Gasteiger partial charge in [-0.05, 0) is 36.8 Å². The van der Waals surface area contributed by atoms with Crippen molar-refractivity contribution in [3.05, 3.63) is 41.6 Å². The standard InChI is InChI=1S/C13H10N4O2S/c1-7-2-3-8-10(6-7)20-13(14-8)15-11-5-4-9(12(18)19)16-17-11/h2-6H,1H3,(H,18,19)(H,14,15,17). The predicted molar refractivity (Wildman–Crippen MR) is 76.6 cm³/mol. The number of carboxylic acids is 1. The van der Waals surface area contributed by atoms with Crippen molar-refractivity contribution in [3.63, 3.8) is 0 Å². The Morgan fingerprint density at radius 1 is 1.25 bits per heavy atom. The van der Waals surface area contributed by atoms with E-state index in [0.29, 0.717) is 10.9 Å². The van der Waals surface area contributed by atoms with E-state index in [1.165, 1.54) is 23.0 Å². The monoisotopic (exact) mass is 286 g/mol. The Balaban J connectivity index is 1.87. The highest BCUT2D eigenvalue weighted by Gasteiger charge is 2.07. The molecular weight excluding hydrogens is 276 g/mol. The lowest BCUT2D eigenvalue weighted by atomic mass is 10.2. The molecule has 0 saturated carbocycles. The number of anilines is 2. The van der Waals surface area contributed by atoms with E-state index in [9.17, 15) is 4.79 Å². The second-order valence-corrected chi connectivity index (χ2v) is 5.25. The Labute approximate surface area is 118 Å². The van der Waals surface area contributed by atoms with Crippen LogP contribution >= 0.6 is 11.3 Å². The molecule has 0 saturated heterocycles. The first-order valence-electron chi connectivity index (χ1n) is 5.83. The van der Waals surface area contributed by atoms with E-state index in [1.54, 1.807) is 6.07 Å². The molecule has 7 heteroatoms. The third-order valence-corrected chi connectivity index (χ3v) is 3.60. The fraction of sp³-hybridized carbons (Fsp3) is 0.0769. The molecule has 2 aromatic heterocycles. The number of carboxylic acid groups (broad SMARTS) is 1. The number of aryl methyl sites for hydroxylation is 1. The molecule has 0 aliphatic carbocycles. The first-order valence-corrected chi connectivity index (χ1v) is 6.65. The molecule has 3 rings (SSSR count). The number of fused-ring (bicyclic) bond motifs is 1. The van der Waals surface area contributed by atoms with Gasteiger partial charge in [0.15, 0.2) is 16.6 Å². The molecule has 100 valence electrons. The second-order valence-electron chi connectivity index (χ2n) is 4.22. The summed E-state index contributed by atoms with van der Waals surface area (Å²) in [5, 5.41) is 19.9. The molecule has 6 nitrogen and oxygen atoms in total. The van der Waals surface area contributed by atoms with Gasteiger partial charge in [-0.15, -0.1) is 10.2 Å². The van der Waals surface area contributed by atoms with Gasteiger partial charge in [0.25, 0.3) is 0 Å². The lowest BCUT2D eigenvalue weighted by Gasteiger charge is -1.99. The molecule has 0 aliphatic heterocycles. The molecule has 0 bridgehead atoms. The SMILES string of the molecule is Cc1ccc2nc(Nc3ccc(C(=O)O)nn3)sc2c1. The van der Waals surface area contributed by atoms with E-state index in [-0.39, 0.29) is 5.69 Å². The number of nitrogens with zero attached hydrogens (tertiary/aromatic N) is 3. The van der Waals surface area contributed by atoms with Gasteiger partial charge in [-0.2, -0.15) is 0 Å². The van der Waals surface area contributed by atoms with Gasteiger partial charge in [-0.25, -0.2) is 9.78 Å². The molecule has 0 amide bonds. The number of hydrogen-bond acceptors (Lipinski definition) is 6.